The normalized spacial score (nSPS) is 11.4. The Morgan fingerprint density at radius 1 is 1.13 bits per heavy atom. The number of ether oxygens (including phenoxy) is 1. The second-order valence-electron chi connectivity index (χ2n) is 6.19. The number of amides is 1. The standard InChI is InChI=1S/C19H13F3N6O3/c20-19(21,22)10-2-1-3-11(8-10)25-17(29)16-13-5-4-12(9-14(13)31-28-16)30-15-6-7-24-18(26-15)27-23/h1-9H,23H2,(H,25,29)(H,24,26,27). The molecule has 0 saturated carbocycles. The number of benzene rings is 2. The second-order valence-corrected chi connectivity index (χ2v) is 6.19. The molecule has 31 heavy (non-hydrogen) atoms. The third-order valence-corrected chi connectivity index (χ3v) is 4.09. The Kier molecular flexibility index (Phi) is 5.13. The quantitative estimate of drug-likeness (QED) is 0.321. The number of nitrogens with two attached hydrogens (primary N) is 1. The van der Waals surface area contributed by atoms with Gasteiger partial charge in [0.25, 0.3) is 5.91 Å². The van der Waals surface area contributed by atoms with Crippen LogP contribution in [-0.2, 0) is 6.18 Å². The molecule has 0 radical (unpaired) electrons. The number of hydrogen-bond donors (Lipinski definition) is 3. The minimum Gasteiger partial charge on any atom is -0.439 e. The monoisotopic (exact) mass is 430 g/mol. The van der Waals surface area contributed by atoms with Gasteiger partial charge in [0.1, 0.15) is 5.75 Å². The third kappa shape index (κ3) is 4.38. The molecule has 0 aliphatic heterocycles. The first-order valence-electron chi connectivity index (χ1n) is 8.69. The number of hydrogen-bond acceptors (Lipinski definition) is 8. The predicted octanol–water partition coefficient (Wildman–Crippen LogP) is 3.97. The molecular formula is C19H13F3N6O3. The van der Waals surface area contributed by atoms with Crippen molar-refractivity contribution < 1.29 is 27.2 Å². The van der Waals surface area contributed by atoms with Gasteiger partial charge in [0.2, 0.25) is 11.8 Å². The van der Waals surface area contributed by atoms with Crippen molar-refractivity contribution in [2.24, 2.45) is 5.84 Å². The molecule has 0 unspecified atom stereocenters. The zero-order valence-electron chi connectivity index (χ0n) is 15.5. The topological polar surface area (TPSA) is 128 Å². The molecule has 0 saturated heterocycles. The maximum atomic E-state index is 12.9. The molecule has 158 valence electrons. The van der Waals surface area contributed by atoms with Crippen LogP contribution < -0.4 is 21.3 Å². The van der Waals surface area contributed by atoms with Gasteiger partial charge in [-0.2, -0.15) is 18.2 Å². The number of halogens is 3. The van der Waals surface area contributed by atoms with Gasteiger partial charge in [-0.1, -0.05) is 11.2 Å². The average Bonchev–Trinajstić information content (AvgIpc) is 3.17. The Morgan fingerprint density at radius 3 is 2.74 bits per heavy atom. The molecule has 0 atom stereocenters. The first-order valence-corrected chi connectivity index (χ1v) is 8.69. The zero-order chi connectivity index (χ0) is 22.0. The van der Waals surface area contributed by atoms with Gasteiger partial charge in [-0.05, 0) is 30.3 Å². The Hall–Kier alpha value is -4.19. The van der Waals surface area contributed by atoms with E-state index in [-0.39, 0.29) is 28.8 Å². The van der Waals surface area contributed by atoms with Gasteiger partial charge >= 0.3 is 6.18 Å². The lowest BCUT2D eigenvalue weighted by Crippen LogP contribution is -2.13. The lowest BCUT2D eigenvalue weighted by Gasteiger charge is -2.09. The fraction of sp³-hybridized carbons (Fsp3) is 0.0526. The summed E-state index contributed by atoms with van der Waals surface area (Å²) in [7, 11) is 0. The van der Waals surface area contributed by atoms with Gasteiger partial charge < -0.3 is 14.6 Å². The van der Waals surface area contributed by atoms with Crippen LogP contribution >= 0.6 is 0 Å². The maximum absolute atomic E-state index is 12.9. The van der Waals surface area contributed by atoms with Crippen molar-refractivity contribution in [1.82, 2.24) is 15.1 Å². The van der Waals surface area contributed by atoms with Crippen LogP contribution in [0.25, 0.3) is 11.0 Å². The molecule has 2 aromatic carbocycles. The Labute approximate surface area is 172 Å². The molecule has 4 N–H and O–H groups in total. The van der Waals surface area contributed by atoms with Gasteiger partial charge in [-0.15, -0.1) is 0 Å². The average molecular weight is 430 g/mol. The van der Waals surface area contributed by atoms with Crippen LogP contribution in [0.15, 0.2) is 59.3 Å². The third-order valence-electron chi connectivity index (χ3n) is 4.09. The molecule has 0 fully saturated rings. The fourth-order valence-corrected chi connectivity index (χ4v) is 2.70. The highest BCUT2D eigenvalue weighted by molar-refractivity contribution is 6.10. The maximum Gasteiger partial charge on any atom is 0.416 e. The van der Waals surface area contributed by atoms with Gasteiger partial charge in [-0.3, -0.25) is 10.2 Å². The molecular weight excluding hydrogens is 417 g/mol. The fourth-order valence-electron chi connectivity index (χ4n) is 2.70. The number of fused-ring (bicyclic) bond motifs is 1. The summed E-state index contributed by atoms with van der Waals surface area (Å²) in [6, 6.07) is 10.4. The minimum absolute atomic E-state index is 0.0241. The zero-order valence-corrected chi connectivity index (χ0v) is 15.5. The van der Waals surface area contributed by atoms with Crippen LogP contribution in [-0.4, -0.2) is 21.0 Å². The highest BCUT2D eigenvalue weighted by Gasteiger charge is 2.30. The van der Waals surface area contributed by atoms with Gasteiger partial charge in [0, 0.05) is 24.0 Å². The van der Waals surface area contributed by atoms with Crippen LogP contribution in [0.5, 0.6) is 11.6 Å². The van der Waals surface area contributed by atoms with Crippen LogP contribution in [0, 0.1) is 0 Å². The van der Waals surface area contributed by atoms with Gasteiger partial charge in [0.15, 0.2) is 11.3 Å². The van der Waals surface area contributed by atoms with Crippen molar-refractivity contribution in [2.75, 3.05) is 10.7 Å². The number of nitrogens with zero attached hydrogens (tertiary/aromatic N) is 3. The van der Waals surface area contributed by atoms with Crippen LogP contribution in [0.2, 0.25) is 0 Å². The largest absolute Gasteiger partial charge is 0.439 e. The summed E-state index contributed by atoms with van der Waals surface area (Å²) in [5.74, 6) is 5.25. The van der Waals surface area contributed by atoms with E-state index in [1.165, 1.54) is 36.5 Å². The van der Waals surface area contributed by atoms with Crippen LogP contribution in [0.3, 0.4) is 0 Å². The van der Waals surface area contributed by atoms with Crippen LogP contribution in [0.1, 0.15) is 16.1 Å². The van der Waals surface area contributed by atoms with E-state index in [0.717, 1.165) is 12.1 Å². The molecule has 0 aliphatic carbocycles. The van der Waals surface area contributed by atoms with E-state index >= 15 is 0 Å². The molecule has 2 heterocycles. The highest BCUT2D eigenvalue weighted by atomic mass is 19.4. The van der Waals surface area contributed by atoms with E-state index in [9.17, 15) is 18.0 Å². The molecule has 4 aromatic rings. The summed E-state index contributed by atoms with van der Waals surface area (Å²) in [6.07, 6.45) is -3.08. The molecule has 4 rings (SSSR count). The Balaban J connectivity index is 1.54. The van der Waals surface area contributed by atoms with Crippen LogP contribution in [0.4, 0.5) is 24.8 Å². The molecule has 12 heteroatoms. The second kappa shape index (κ2) is 7.91. The molecule has 9 nitrogen and oxygen atoms in total. The smallest absolute Gasteiger partial charge is 0.416 e. The highest BCUT2D eigenvalue weighted by Crippen LogP contribution is 2.31. The van der Waals surface area contributed by atoms with Crippen molar-refractivity contribution in [2.45, 2.75) is 6.18 Å². The number of anilines is 2. The van der Waals surface area contributed by atoms with E-state index < -0.39 is 17.6 Å². The number of carbonyl (C=O) groups is 1. The van der Waals surface area contributed by atoms with E-state index in [1.54, 1.807) is 6.07 Å². The summed E-state index contributed by atoms with van der Waals surface area (Å²) in [6.45, 7) is 0. The van der Waals surface area contributed by atoms with Crippen molar-refractivity contribution in [3.05, 3.63) is 66.0 Å². The summed E-state index contributed by atoms with van der Waals surface area (Å²) in [5, 5.41) is 6.46. The number of alkyl halides is 3. The number of nitrogens with one attached hydrogen (secondary N) is 2. The Bertz CT molecular complexity index is 1260. The van der Waals surface area contributed by atoms with E-state index in [4.69, 9.17) is 15.1 Å². The first-order chi connectivity index (χ1) is 14.8. The van der Waals surface area contributed by atoms with Crippen molar-refractivity contribution in [1.29, 1.82) is 0 Å². The molecule has 0 aliphatic rings. The number of aromatic nitrogens is 3. The minimum atomic E-state index is -4.53. The van der Waals surface area contributed by atoms with Crippen molar-refractivity contribution >= 4 is 28.5 Å². The number of nitrogen functional groups attached to an aromatic ring is 1. The van der Waals surface area contributed by atoms with Gasteiger partial charge in [-0.25, -0.2) is 10.8 Å². The van der Waals surface area contributed by atoms with E-state index in [2.05, 4.69) is 25.9 Å². The summed E-state index contributed by atoms with van der Waals surface area (Å²) >= 11 is 0. The number of hydrazine groups is 1. The summed E-state index contributed by atoms with van der Waals surface area (Å²) in [5.41, 5.74) is 1.54. The molecule has 2 aromatic heterocycles. The van der Waals surface area contributed by atoms with E-state index in [1.807, 2.05) is 0 Å². The predicted molar refractivity (Wildman–Crippen MR) is 103 cm³/mol. The lowest BCUT2D eigenvalue weighted by atomic mass is 10.1. The molecule has 0 spiro atoms. The Morgan fingerprint density at radius 2 is 1.97 bits per heavy atom. The van der Waals surface area contributed by atoms with Crippen molar-refractivity contribution in [3.63, 3.8) is 0 Å². The number of rotatable bonds is 5. The molecule has 1 amide bonds. The lowest BCUT2D eigenvalue weighted by molar-refractivity contribution is -0.137. The SMILES string of the molecule is NNc1nccc(Oc2ccc3c(C(=O)Nc4cccc(C(F)(F)F)c4)noc3c2)n1. The summed E-state index contributed by atoms with van der Waals surface area (Å²) < 4.78 is 49.3. The summed E-state index contributed by atoms with van der Waals surface area (Å²) in [4.78, 5) is 20.4. The van der Waals surface area contributed by atoms with Gasteiger partial charge in [0.05, 0.1) is 10.9 Å². The first kappa shape index (κ1) is 20.1. The van der Waals surface area contributed by atoms with Crippen molar-refractivity contribution in [3.8, 4) is 11.6 Å². The number of carbonyl (C=O) groups excluding carboxylic acids is 1. The van der Waals surface area contributed by atoms with E-state index in [0.29, 0.717) is 11.1 Å². The molecule has 0 bridgehead atoms.